The molecule has 1 atom stereocenters. The molecule has 0 bridgehead atoms. The summed E-state index contributed by atoms with van der Waals surface area (Å²) in [5.74, 6) is 5.44. The molecule has 10 aromatic rings. The van der Waals surface area contributed by atoms with Crippen molar-refractivity contribution < 1.29 is 38.1 Å². The Kier molecular flexibility index (Phi) is 21.6. The minimum atomic E-state index is -1.07. The number of amides is 1. The minimum Gasteiger partial charge on any atom is -0.497 e. The Morgan fingerprint density at radius 2 is 1.07 bits per heavy atom. The van der Waals surface area contributed by atoms with Crippen LogP contribution in [0, 0.1) is 36.5 Å². The van der Waals surface area contributed by atoms with E-state index in [4.69, 9.17) is 23.7 Å². The molecule has 1 N–H and O–H groups in total. The number of benzene rings is 10. The molecule has 0 spiro atoms. The molecule has 0 saturated heterocycles. The molecule has 3 fully saturated rings. The first-order valence-corrected chi connectivity index (χ1v) is 39.9. The summed E-state index contributed by atoms with van der Waals surface area (Å²) in [5.41, 5.74) is 15.3. The Hall–Kier alpha value is -9.99. The second-order valence-corrected chi connectivity index (χ2v) is 31.9. The summed E-state index contributed by atoms with van der Waals surface area (Å²) in [6.07, 6.45) is 29.8. The fourth-order valence-electron chi connectivity index (χ4n) is 18.6. The number of unbranched alkanes of at least 4 members (excludes halogenated alkanes) is 4. The van der Waals surface area contributed by atoms with E-state index in [1.165, 1.54) is 108 Å². The Morgan fingerprint density at radius 1 is 0.514 bits per heavy atom. The molecule has 548 valence electrons. The van der Waals surface area contributed by atoms with Gasteiger partial charge in [0, 0.05) is 38.7 Å². The van der Waals surface area contributed by atoms with Crippen LogP contribution in [0.1, 0.15) is 222 Å². The minimum absolute atomic E-state index is 0.100. The summed E-state index contributed by atoms with van der Waals surface area (Å²) >= 11 is 0. The number of anilines is 1. The molecule has 0 aromatic heterocycles. The molecule has 1 amide bonds. The largest absolute Gasteiger partial charge is 0.497 e. The highest BCUT2D eigenvalue weighted by molar-refractivity contribution is 6.11. The highest BCUT2D eigenvalue weighted by Gasteiger charge is 2.45. The zero-order valence-electron chi connectivity index (χ0n) is 63.6. The zero-order chi connectivity index (χ0) is 73.8. The second-order valence-electron chi connectivity index (χ2n) is 31.9. The van der Waals surface area contributed by atoms with E-state index < -0.39 is 17.0 Å². The maximum atomic E-state index is 15.1. The van der Waals surface area contributed by atoms with Gasteiger partial charge in [-0.05, 0) is 246 Å². The first-order valence-electron chi connectivity index (χ1n) is 39.9. The SMILES string of the molecule is CCCCC[C@H]1CC[C@H](c2ccc(-c3ccc(C(=O)Nc4ccc(-c5ccc6c(c5)-c5c(c7c(c8cc(OC)c(OC(=O)c9ccccc9-c9ccc(OC(=O)[C@H]%10CC[C@H]([C@H]%11CC[C@H](CCCCC)CC%11)CC%10)cc9)cc58)OC(c5ccc(C)cc5)(c5ccc(OC)cc5)C=C7)C6(C)C)cc4)cc3)cc2)CC1. The van der Waals surface area contributed by atoms with Crippen LogP contribution in [-0.2, 0) is 15.8 Å². The van der Waals surface area contributed by atoms with Crippen molar-refractivity contribution in [2.75, 3.05) is 19.5 Å². The molecule has 1 heterocycles. The third-order valence-corrected chi connectivity index (χ3v) is 24.9. The number of hydrogen-bond acceptors (Lipinski definition) is 8. The van der Waals surface area contributed by atoms with Crippen molar-refractivity contribution in [3.8, 4) is 73.3 Å². The van der Waals surface area contributed by atoms with E-state index in [9.17, 15) is 9.59 Å². The van der Waals surface area contributed by atoms with Gasteiger partial charge in [-0.15, -0.1) is 0 Å². The van der Waals surface area contributed by atoms with Crippen molar-refractivity contribution in [1.82, 2.24) is 0 Å². The molecular weight excluding hydrogens is 1320 g/mol. The van der Waals surface area contributed by atoms with Crippen molar-refractivity contribution in [2.45, 2.75) is 180 Å². The molecule has 3 saturated carbocycles. The fourth-order valence-corrected chi connectivity index (χ4v) is 18.6. The Bertz CT molecular complexity index is 4850. The normalized spacial score (nSPS) is 20.6. The molecule has 0 radical (unpaired) electrons. The van der Waals surface area contributed by atoms with E-state index in [1.807, 2.05) is 103 Å². The number of carbonyl (C=O) groups excluding carboxylic acids is 3. The van der Waals surface area contributed by atoms with Crippen LogP contribution in [0.25, 0.3) is 61.4 Å². The average Bonchev–Trinajstić information content (AvgIpc) is 1.57. The highest BCUT2D eigenvalue weighted by Crippen LogP contribution is 2.60. The number of esters is 2. The number of methoxy groups -OCH3 is 2. The highest BCUT2D eigenvalue weighted by atomic mass is 16.6. The number of rotatable bonds is 23. The lowest BCUT2D eigenvalue weighted by Crippen LogP contribution is -2.35. The molecule has 9 heteroatoms. The first kappa shape index (κ1) is 72.6. The number of nitrogens with one attached hydrogen (secondary N) is 1. The van der Waals surface area contributed by atoms with Crippen molar-refractivity contribution in [1.29, 1.82) is 0 Å². The molecule has 9 nitrogen and oxygen atoms in total. The monoisotopic (exact) mass is 1420 g/mol. The van der Waals surface area contributed by atoms with Crippen LogP contribution >= 0.6 is 0 Å². The van der Waals surface area contributed by atoms with Crippen molar-refractivity contribution >= 4 is 40.4 Å². The van der Waals surface area contributed by atoms with Crippen LogP contribution in [0.3, 0.4) is 0 Å². The maximum absolute atomic E-state index is 15.1. The maximum Gasteiger partial charge on any atom is 0.344 e. The van der Waals surface area contributed by atoms with Crippen LogP contribution in [0.15, 0.2) is 206 Å². The van der Waals surface area contributed by atoms with Crippen LogP contribution in [-0.4, -0.2) is 32.1 Å². The van der Waals surface area contributed by atoms with Crippen molar-refractivity contribution in [3.63, 3.8) is 0 Å². The van der Waals surface area contributed by atoms with E-state index >= 15 is 4.79 Å². The van der Waals surface area contributed by atoms with Gasteiger partial charge in [0.05, 0.1) is 25.7 Å². The predicted molar refractivity (Wildman–Crippen MR) is 434 cm³/mol. The van der Waals surface area contributed by atoms with E-state index in [-0.39, 0.29) is 23.5 Å². The summed E-state index contributed by atoms with van der Waals surface area (Å²) in [4.78, 5) is 42.7. The van der Waals surface area contributed by atoms with E-state index in [1.54, 1.807) is 20.3 Å². The van der Waals surface area contributed by atoms with Gasteiger partial charge in [-0.2, -0.15) is 0 Å². The summed E-state index contributed by atoms with van der Waals surface area (Å²) in [7, 11) is 3.27. The molecule has 1 unspecified atom stereocenters. The standard InChI is InChI=1S/C98H103NO8/c1-8-10-12-16-64-22-26-66(27-23-64)68-30-32-69(33-31-68)70-34-38-74(39-35-70)94(100)99-79-51-42-72(43-52-79)76-46-57-88-87(60-76)91-85-61-90(89(104-7)62-86(85)93-84(92(91)97(88,4)5)58-59-98(107-93,77-47-20-63(3)21-48-77)78-49-55-80(103-6)56-50-78)106-96(102)83-19-15-14-18-82(83)73-44-53-81(54-45-73)105-95(101)75-40-36-71(37-41-75)67-28-24-65(25-29-67)17-13-11-9-2/h14-15,18-21,30-35,38-39,42-62,64-67,71,75H,8-13,16-17,22-29,36-37,40-41H2,1-7H3,(H,99,100)/t64-,65-,66-,67-,71-,75-,98?. The van der Waals surface area contributed by atoms with Crippen LogP contribution in [0.2, 0.25) is 0 Å². The van der Waals surface area contributed by atoms with Gasteiger partial charge in [0.25, 0.3) is 5.91 Å². The van der Waals surface area contributed by atoms with Crippen molar-refractivity contribution in [2.24, 2.45) is 29.6 Å². The molecule has 15 rings (SSSR count). The number of hydrogen-bond donors (Lipinski definition) is 1. The lowest BCUT2D eigenvalue weighted by atomic mass is 9.68. The van der Waals surface area contributed by atoms with Gasteiger partial charge >= 0.3 is 11.9 Å². The van der Waals surface area contributed by atoms with E-state index in [0.717, 1.165) is 132 Å². The Balaban J connectivity index is 0.700. The predicted octanol–water partition coefficient (Wildman–Crippen LogP) is 25.2. The fraction of sp³-hybridized carbons (Fsp3) is 0.357. The summed E-state index contributed by atoms with van der Waals surface area (Å²) in [6, 6.07) is 67.2. The van der Waals surface area contributed by atoms with Crippen LogP contribution in [0.4, 0.5) is 5.69 Å². The van der Waals surface area contributed by atoms with Crippen LogP contribution in [0.5, 0.6) is 28.7 Å². The number of carbonyl (C=O) groups is 3. The van der Waals surface area contributed by atoms with Crippen LogP contribution < -0.4 is 29.0 Å². The lowest BCUT2D eigenvalue weighted by Gasteiger charge is -2.38. The van der Waals surface area contributed by atoms with Gasteiger partial charge in [0.2, 0.25) is 0 Å². The Labute approximate surface area is 633 Å². The molecular formula is C98H103NO8. The van der Waals surface area contributed by atoms with Gasteiger partial charge < -0.3 is 29.0 Å². The molecule has 1 aliphatic heterocycles. The van der Waals surface area contributed by atoms with Gasteiger partial charge in [-0.3, -0.25) is 9.59 Å². The van der Waals surface area contributed by atoms with Crippen molar-refractivity contribution in [3.05, 3.63) is 256 Å². The van der Waals surface area contributed by atoms with Gasteiger partial charge in [0.1, 0.15) is 17.2 Å². The molecule has 107 heavy (non-hydrogen) atoms. The molecule has 5 aliphatic rings. The van der Waals surface area contributed by atoms with Gasteiger partial charge in [-0.1, -0.05) is 231 Å². The summed E-state index contributed by atoms with van der Waals surface area (Å²) in [6.45, 7) is 11.2. The average molecular weight is 1420 g/mol. The van der Waals surface area contributed by atoms with Gasteiger partial charge in [-0.25, -0.2) is 4.79 Å². The lowest BCUT2D eigenvalue weighted by molar-refractivity contribution is -0.140. The number of ether oxygens (including phenoxy) is 5. The summed E-state index contributed by atoms with van der Waals surface area (Å²) in [5, 5.41) is 4.76. The second kappa shape index (κ2) is 31.8. The third kappa shape index (κ3) is 15.1. The molecule has 4 aliphatic carbocycles. The first-order chi connectivity index (χ1) is 52.2. The van der Waals surface area contributed by atoms with E-state index in [0.29, 0.717) is 51.5 Å². The number of fused-ring (bicyclic) bond motifs is 8. The number of aryl methyl sites for hydroxylation is 1. The van der Waals surface area contributed by atoms with E-state index in [2.05, 4.69) is 143 Å². The smallest absolute Gasteiger partial charge is 0.344 e. The van der Waals surface area contributed by atoms with Gasteiger partial charge in [0.15, 0.2) is 17.1 Å². The molecule has 10 aromatic carbocycles. The topological polar surface area (TPSA) is 109 Å². The quantitative estimate of drug-likeness (QED) is 0.0383. The summed E-state index contributed by atoms with van der Waals surface area (Å²) < 4.78 is 32.4. The zero-order valence-corrected chi connectivity index (χ0v) is 63.6. The Morgan fingerprint density at radius 3 is 1.71 bits per heavy atom. The third-order valence-electron chi connectivity index (χ3n) is 24.9.